The highest BCUT2D eigenvalue weighted by atomic mass is 28.3. The van der Waals surface area contributed by atoms with E-state index < -0.39 is 16.9 Å². The van der Waals surface area contributed by atoms with Crippen molar-refractivity contribution in [3.8, 4) is 39.1 Å². The summed E-state index contributed by atoms with van der Waals surface area (Å²) in [5.74, 6) is 1.12. The molecule has 0 heterocycles. The second-order valence-corrected chi connectivity index (χ2v) is 24.6. The van der Waals surface area contributed by atoms with E-state index in [0.717, 1.165) is 18.6 Å². The third-order valence-corrected chi connectivity index (χ3v) is 17.2. The molecule has 0 aliphatic heterocycles. The molecule has 0 aromatic heterocycles. The van der Waals surface area contributed by atoms with Crippen molar-refractivity contribution in [2.45, 2.75) is 117 Å². The largest absolute Gasteiger partial charge is 0.489 e. The minimum absolute atomic E-state index is 0.0581. The average Bonchev–Trinajstić information content (AvgIpc) is 3.49. The second-order valence-electron chi connectivity index (χ2n) is 17.5. The average molecular weight is 748 g/mol. The van der Waals surface area contributed by atoms with Gasteiger partial charge in [0, 0.05) is 5.54 Å². The normalized spacial score (nSPS) is 12.9. The van der Waals surface area contributed by atoms with Crippen molar-refractivity contribution in [1.82, 2.24) is 0 Å². The highest BCUT2D eigenvalue weighted by Gasteiger charge is 2.45. The van der Waals surface area contributed by atoms with Crippen molar-refractivity contribution in [1.29, 1.82) is 0 Å². The first kappa shape index (κ1) is 39.8. The maximum atomic E-state index is 6.91. The van der Waals surface area contributed by atoms with Crippen LogP contribution in [0.3, 0.4) is 0 Å². The molecule has 281 valence electrons. The summed E-state index contributed by atoms with van der Waals surface area (Å²) in [7, 11) is -3.14. The first-order valence-corrected chi connectivity index (χ1v) is 26.1. The van der Waals surface area contributed by atoms with Crippen molar-refractivity contribution in [3.63, 3.8) is 0 Å². The molecule has 1 radical (unpaired) electrons. The summed E-state index contributed by atoms with van der Waals surface area (Å²) in [4.78, 5) is 0. The van der Waals surface area contributed by atoms with Crippen LogP contribution in [0, 0.1) is 6.92 Å². The molecule has 0 bridgehead atoms. The third kappa shape index (κ3) is 7.91. The van der Waals surface area contributed by atoms with Gasteiger partial charge in [-0.2, -0.15) is 0 Å². The predicted octanol–water partition coefficient (Wildman–Crippen LogP) is 13.1. The lowest BCUT2D eigenvalue weighted by Crippen LogP contribution is -2.51. The van der Waals surface area contributed by atoms with E-state index in [1.807, 2.05) is 6.08 Å². The van der Waals surface area contributed by atoms with Crippen LogP contribution in [0.4, 0.5) is 0 Å². The molecule has 0 saturated carbocycles. The summed E-state index contributed by atoms with van der Waals surface area (Å²) in [5, 5.41) is 2.96. The first-order chi connectivity index (χ1) is 25.8. The molecule has 0 atom stereocenters. The number of fused-ring (bicyclic) bond motifs is 3. The van der Waals surface area contributed by atoms with E-state index >= 15 is 0 Å². The second kappa shape index (κ2) is 16.4. The fourth-order valence-corrected chi connectivity index (χ4v) is 14.5. The highest BCUT2D eigenvalue weighted by molar-refractivity contribution is 6.92. The summed E-state index contributed by atoms with van der Waals surface area (Å²) >= 11 is 0. The van der Waals surface area contributed by atoms with Crippen LogP contribution >= 0.6 is 0 Å². The zero-order chi connectivity index (χ0) is 38.8. The van der Waals surface area contributed by atoms with E-state index in [1.54, 1.807) is 0 Å². The maximum Gasteiger partial charge on any atom is 0.122 e. The Balaban J connectivity index is 1.57. The molecule has 0 saturated heterocycles. The number of aryl methyl sites for hydroxylation is 3. The predicted molar refractivity (Wildman–Crippen MR) is 242 cm³/mol. The van der Waals surface area contributed by atoms with E-state index in [4.69, 9.17) is 4.74 Å². The molecule has 6 rings (SSSR count). The van der Waals surface area contributed by atoms with Crippen molar-refractivity contribution < 1.29 is 4.74 Å². The van der Waals surface area contributed by atoms with Crippen LogP contribution in [0.25, 0.3) is 33.4 Å². The molecule has 1 nitrogen and oxygen atoms in total. The van der Waals surface area contributed by atoms with Crippen molar-refractivity contribution in [3.05, 3.63) is 137 Å². The molecular formula is C51H63OSi2. The van der Waals surface area contributed by atoms with E-state index in [2.05, 4.69) is 165 Å². The SMILES string of the molecule is C=CCOc1c([Si](C)(C)C2c3cc(-c4ccc(CCCC)cc4)ccc3-c3ccc(-c4ccc(CCCC)cc4)cc32)cc(C)c([Si](C)C)c1C(C)(C)C. The number of unbranched alkanes of at least 4 members (excludes halogenated alkanes) is 2. The van der Waals surface area contributed by atoms with Crippen molar-refractivity contribution >= 4 is 27.2 Å². The van der Waals surface area contributed by atoms with Gasteiger partial charge in [-0.05, 0) is 104 Å². The smallest absolute Gasteiger partial charge is 0.122 e. The first-order valence-electron chi connectivity index (χ1n) is 20.5. The zero-order valence-electron chi connectivity index (χ0n) is 34.9. The Kier molecular flexibility index (Phi) is 12.1. The van der Waals surface area contributed by atoms with Crippen molar-refractivity contribution in [2.24, 2.45) is 0 Å². The summed E-state index contributed by atoms with van der Waals surface area (Å²) in [6, 6.07) is 35.8. The van der Waals surface area contributed by atoms with Gasteiger partial charge >= 0.3 is 0 Å². The Morgan fingerprint density at radius 3 is 1.57 bits per heavy atom. The number of ether oxygens (including phenoxy) is 1. The van der Waals surface area contributed by atoms with Crippen LogP contribution < -0.4 is 15.1 Å². The van der Waals surface area contributed by atoms with Gasteiger partial charge in [0.25, 0.3) is 0 Å². The minimum atomic E-state index is -2.39. The van der Waals surface area contributed by atoms with Gasteiger partial charge in [-0.15, -0.1) is 0 Å². The van der Waals surface area contributed by atoms with Crippen LogP contribution in [0.2, 0.25) is 26.2 Å². The van der Waals surface area contributed by atoms with Gasteiger partial charge in [0.05, 0.1) is 16.9 Å². The van der Waals surface area contributed by atoms with E-state index in [1.165, 1.54) is 103 Å². The molecule has 5 aromatic carbocycles. The Hall–Kier alpha value is -3.93. The maximum absolute atomic E-state index is 6.91. The molecule has 0 spiro atoms. The topological polar surface area (TPSA) is 9.23 Å². The van der Waals surface area contributed by atoms with Crippen LogP contribution in [-0.4, -0.2) is 23.5 Å². The van der Waals surface area contributed by atoms with Gasteiger partial charge in [-0.1, -0.05) is 188 Å². The Bertz CT molecular complexity index is 1990. The standard InChI is InChI=1S/C51H63OSi2/c1-12-15-17-36-19-23-38(24-20-36)40-27-29-42-43-30-28-41(39-25-21-37(22-26-39)18-16-13-2)34-45(43)50(44(42)33-40)54(10,11)46-32-35(4)49(53(8)9)47(51(5,6)7)48(46)52-31-14-3/h14,19-30,32-34,50H,3,12-13,15-18,31H2,1-2,4-11H3. The van der Waals surface area contributed by atoms with E-state index in [0.29, 0.717) is 6.61 Å². The molecule has 5 aromatic rings. The molecular weight excluding hydrogens is 685 g/mol. The number of hydrogen-bond acceptors (Lipinski definition) is 1. The fourth-order valence-electron chi connectivity index (χ4n) is 8.97. The molecule has 54 heavy (non-hydrogen) atoms. The van der Waals surface area contributed by atoms with Gasteiger partial charge in [-0.3, -0.25) is 0 Å². The fraction of sp³-hybridized carbons (Fsp3) is 0.373. The molecule has 3 heteroatoms. The molecule has 0 N–H and O–H groups in total. The Morgan fingerprint density at radius 1 is 0.704 bits per heavy atom. The lowest BCUT2D eigenvalue weighted by atomic mass is 9.85. The lowest BCUT2D eigenvalue weighted by Gasteiger charge is -2.38. The van der Waals surface area contributed by atoms with Gasteiger partial charge < -0.3 is 4.74 Å². The molecule has 0 fully saturated rings. The molecule has 1 aliphatic carbocycles. The van der Waals surface area contributed by atoms with Crippen LogP contribution in [0.1, 0.15) is 99.2 Å². The van der Waals surface area contributed by atoms with Crippen LogP contribution in [0.5, 0.6) is 5.75 Å². The lowest BCUT2D eigenvalue weighted by molar-refractivity contribution is 0.354. The third-order valence-electron chi connectivity index (χ3n) is 11.7. The Morgan fingerprint density at radius 2 is 1.17 bits per heavy atom. The highest BCUT2D eigenvalue weighted by Crippen LogP contribution is 2.51. The summed E-state index contributed by atoms with van der Waals surface area (Å²) in [5.41, 5.74) is 16.8. The molecule has 0 amide bonds. The number of hydrogen-bond donors (Lipinski definition) is 0. The van der Waals surface area contributed by atoms with Gasteiger partial charge in [0.1, 0.15) is 12.4 Å². The Labute approximate surface area is 330 Å². The van der Waals surface area contributed by atoms with Crippen LogP contribution in [0.15, 0.2) is 104 Å². The van der Waals surface area contributed by atoms with E-state index in [-0.39, 0.29) is 11.0 Å². The van der Waals surface area contributed by atoms with Gasteiger partial charge in [0.2, 0.25) is 0 Å². The minimum Gasteiger partial charge on any atom is -0.489 e. The molecule has 0 unspecified atom stereocenters. The molecule has 1 aliphatic rings. The summed E-state index contributed by atoms with van der Waals surface area (Å²) < 4.78 is 6.91. The zero-order valence-corrected chi connectivity index (χ0v) is 36.9. The van der Waals surface area contributed by atoms with Gasteiger partial charge in [-0.25, -0.2) is 0 Å². The number of rotatable bonds is 14. The number of benzene rings is 5. The monoisotopic (exact) mass is 747 g/mol. The summed E-state index contributed by atoms with van der Waals surface area (Å²) in [6.07, 6.45) is 9.11. The van der Waals surface area contributed by atoms with Crippen LogP contribution in [-0.2, 0) is 18.3 Å². The summed E-state index contributed by atoms with van der Waals surface area (Å²) in [6.45, 7) is 28.7. The van der Waals surface area contributed by atoms with E-state index in [9.17, 15) is 0 Å². The quantitative estimate of drug-likeness (QED) is 0.0812. The van der Waals surface area contributed by atoms with Gasteiger partial charge in [0.15, 0.2) is 0 Å². The van der Waals surface area contributed by atoms with Crippen molar-refractivity contribution in [2.75, 3.05) is 6.61 Å².